The molecule has 7 heteroatoms. The number of hydrogen-bond donors (Lipinski definition) is 1. The van der Waals surface area contributed by atoms with Gasteiger partial charge >= 0.3 is 6.18 Å². The largest absolute Gasteiger partial charge is 0.435 e. The molecule has 0 saturated heterocycles. The van der Waals surface area contributed by atoms with Crippen LogP contribution in [0.5, 0.6) is 0 Å². The van der Waals surface area contributed by atoms with Crippen LogP contribution in [0.4, 0.5) is 13.2 Å². The molecule has 0 amide bonds. The van der Waals surface area contributed by atoms with Crippen molar-refractivity contribution in [2.75, 3.05) is 0 Å². The molecular formula is C13H12ClF3N2O. The molecule has 0 radical (unpaired) electrons. The molecule has 0 aliphatic rings. The number of aliphatic hydroxyl groups is 1. The zero-order valence-electron chi connectivity index (χ0n) is 10.8. The van der Waals surface area contributed by atoms with Crippen molar-refractivity contribution < 1.29 is 18.3 Å². The molecule has 0 bridgehead atoms. The molecule has 2 rings (SSSR count). The van der Waals surface area contributed by atoms with Crippen LogP contribution < -0.4 is 0 Å². The summed E-state index contributed by atoms with van der Waals surface area (Å²) in [4.78, 5) is 0. The van der Waals surface area contributed by atoms with E-state index in [0.717, 1.165) is 15.8 Å². The summed E-state index contributed by atoms with van der Waals surface area (Å²) in [7, 11) is 0. The zero-order valence-corrected chi connectivity index (χ0v) is 11.5. The van der Waals surface area contributed by atoms with Gasteiger partial charge in [-0.15, -0.1) is 0 Å². The van der Waals surface area contributed by atoms with Gasteiger partial charge in [-0.2, -0.15) is 18.3 Å². The van der Waals surface area contributed by atoms with Crippen LogP contribution in [0.2, 0.25) is 5.15 Å². The van der Waals surface area contributed by atoms with Gasteiger partial charge in [0.15, 0.2) is 5.69 Å². The van der Waals surface area contributed by atoms with E-state index in [1.165, 1.54) is 0 Å². The van der Waals surface area contributed by atoms with Crippen LogP contribution in [0.3, 0.4) is 0 Å². The van der Waals surface area contributed by atoms with Crippen molar-refractivity contribution in [1.29, 1.82) is 0 Å². The van der Waals surface area contributed by atoms with Crippen LogP contribution in [0.1, 0.15) is 22.4 Å². The third kappa shape index (κ3) is 2.66. The first-order valence-electron chi connectivity index (χ1n) is 5.78. The molecule has 0 aliphatic heterocycles. The van der Waals surface area contributed by atoms with E-state index in [2.05, 4.69) is 5.10 Å². The van der Waals surface area contributed by atoms with Crippen LogP contribution in [0.25, 0.3) is 5.69 Å². The Bertz CT molecular complexity index is 630. The second-order valence-electron chi connectivity index (χ2n) is 4.53. The van der Waals surface area contributed by atoms with Crippen molar-refractivity contribution in [2.24, 2.45) is 0 Å². The summed E-state index contributed by atoms with van der Waals surface area (Å²) < 4.78 is 39.6. The molecule has 3 nitrogen and oxygen atoms in total. The van der Waals surface area contributed by atoms with Gasteiger partial charge in [0.1, 0.15) is 5.15 Å². The summed E-state index contributed by atoms with van der Waals surface area (Å²) in [5.41, 5.74) is 0.608. The maximum absolute atomic E-state index is 12.9. The number of aromatic nitrogens is 2. The van der Waals surface area contributed by atoms with Crippen molar-refractivity contribution in [1.82, 2.24) is 9.78 Å². The highest BCUT2D eigenvalue weighted by Crippen LogP contribution is 2.35. The summed E-state index contributed by atoms with van der Waals surface area (Å²) in [6.07, 6.45) is -4.66. The Morgan fingerprint density at radius 1 is 1.20 bits per heavy atom. The summed E-state index contributed by atoms with van der Waals surface area (Å²) in [5.74, 6) is 0. The number of halogens is 4. The van der Waals surface area contributed by atoms with E-state index < -0.39 is 24.0 Å². The Morgan fingerprint density at radius 2 is 1.75 bits per heavy atom. The number of aliphatic hydroxyl groups excluding tert-OH is 1. The molecule has 1 heterocycles. The molecule has 1 N–H and O–H groups in total. The van der Waals surface area contributed by atoms with E-state index in [0.29, 0.717) is 5.69 Å². The van der Waals surface area contributed by atoms with Crippen LogP contribution in [0, 0.1) is 13.8 Å². The average Bonchev–Trinajstić information content (AvgIpc) is 2.64. The molecule has 108 valence electrons. The molecule has 1 aromatic heterocycles. The highest BCUT2D eigenvalue weighted by molar-refractivity contribution is 6.30. The predicted molar refractivity (Wildman–Crippen MR) is 69.0 cm³/mol. The van der Waals surface area contributed by atoms with Gasteiger partial charge in [-0.3, -0.25) is 0 Å². The number of nitrogens with zero attached hydrogens (tertiary/aromatic N) is 2. The highest BCUT2D eigenvalue weighted by Gasteiger charge is 2.39. The molecule has 20 heavy (non-hydrogen) atoms. The minimum Gasteiger partial charge on any atom is -0.391 e. The summed E-state index contributed by atoms with van der Waals surface area (Å²) in [5, 5.41) is 12.4. The molecule has 0 fully saturated rings. The number of hydrogen-bond acceptors (Lipinski definition) is 2. The topological polar surface area (TPSA) is 38.0 Å². The SMILES string of the molecule is Cc1cc(C)cc(-n2nc(C(F)(F)F)c(CO)c2Cl)c1. The Labute approximate surface area is 118 Å². The highest BCUT2D eigenvalue weighted by atomic mass is 35.5. The average molecular weight is 305 g/mol. The van der Waals surface area contributed by atoms with Gasteiger partial charge in [0, 0.05) is 5.56 Å². The zero-order chi connectivity index (χ0) is 15.1. The number of aryl methyl sites for hydroxylation is 2. The normalized spacial score (nSPS) is 11.9. The van der Waals surface area contributed by atoms with Gasteiger partial charge in [0.25, 0.3) is 0 Å². The van der Waals surface area contributed by atoms with Crippen molar-refractivity contribution in [3.63, 3.8) is 0 Å². The van der Waals surface area contributed by atoms with Crippen molar-refractivity contribution in [3.05, 3.63) is 45.7 Å². The quantitative estimate of drug-likeness (QED) is 0.919. The first-order chi connectivity index (χ1) is 9.24. The maximum atomic E-state index is 12.9. The lowest BCUT2D eigenvalue weighted by Crippen LogP contribution is -2.09. The molecule has 1 aromatic carbocycles. The predicted octanol–water partition coefficient (Wildman–Crippen LogP) is 3.65. The second-order valence-corrected chi connectivity index (χ2v) is 4.89. The Balaban J connectivity index is 2.66. The lowest BCUT2D eigenvalue weighted by atomic mass is 10.1. The number of benzene rings is 1. The second kappa shape index (κ2) is 5.10. The van der Waals surface area contributed by atoms with Gasteiger partial charge in [-0.25, -0.2) is 4.68 Å². The van der Waals surface area contributed by atoms with Gasteiger partial charge < -0.3 is 5.11 Å². The number of rotatable bonds is 2. The van der Waals surface area contributed by atoms with Crippen LogP contribution in [0.15, 0.2) is 18.2 Å². The fourth-order valence-corrected chi connectivity index (χ4v) is 2.33. The molecule has 0 spiro atoms. The van der Waals surface area contributed by atoms with E-state index in [9.17, 15) is 13.2 Å². The monoisotopic (exact) mass is 304 g/mol. The van der Waals surface area contributed by atoms with E-state index >= 15 is 0 Å². The van der Waals surface area contributed by atoms with Gasteiger partial charge in [0.2, 0.25) is 0 Å². The van der Waals surface area contributed by atoms with Crippen molar-refractivity contribution in [3.8, 4) is 5.69 Å². The lowest BCUT2D eigenvalue weighted by Gasteiger charge is -2.06. The fourth-order valence-electron chi connectivity index (χ4n) is 2.04. The third-order valence-electron chi connectivity index (χ3n) is 2.80. The fraction of sp³-hybridized carbons (Fsp3) is 0.308. The van der Waals surface area contributed by atoms with Crippen LogP contribution in [-0.4, -0.2) is 14.9 Å². The molecule has 0 atom stereocenters. The first-order valence-corrected chi connectivity index (χ1v) is 6.16. The van der Waals surface area contributed by atoms with Crippen LogP contribution >= 0.6 is 11.6 Å². The van der Waals surface area contributed by atoms with Crippen LogP contribution in [-0.2, 0) is 12.8 Å². The van der Waals surface area contributed by atoms with Gasteiger partial charge in [-0.1, -0.05) is 17.7 Å². The first kappa shape index (κ1) is 14.9. The summed E-state index contributed by atoms with van der Waals surface area (Å²) >= 11 is 5.92. The van der Waals surface area contributed by atoms with Gasteiger partial charge in [0.05, 0.1) is 12.3 Å². The molecule has 2 aromatic rings. The molecular weight excluding hydrogens is 293 g/mol. The smallest absolute Gasteiger partial charge is 0.391 e. The van der Waals surface area contributed by atoms with Gasteiger partial charge in [-0.05, 0) is 37.1 Å². The Morgan fingerprint density at radius 3 is 2.15 bits per heavy atom. The van der Waals surface area contributed by atoms with Crippen molar-refractivity contribution >= 4 is 11.6 Å². The van der Waals surface area contributed by atoms with E-state index in [-0.39, 0.29) is 5.15 Å². The van der Waals surface area contributed by atoms with E-state index in [1.807, 2.05) is 19.9 Å². The lowest BCUT2D eigenvalue weighted by molar-refractivity contribution is -0.142. The summed E-state index contributed by atoms with van der Waals surface area (Å²) in [6.45, 7) is 2.83. The minimum absolute atomic E-state index is 0.232. The van der Waals surface area contributed by atoms with E-state index in [1.54, 1.807) is 12.1 Å². The van der Waals surface area contributed by atoms with Crippen molar-refractivity contribution in [2.45, 2.75) is 26.6 Å². The summed E-state index contributed by atoms with van der Waals surface area (Å²) in [6, 6.07) is 5.24. The maximum Gasteiger partial charge on any atom is 0.435 e. The van der Waals surface area contributed by atoms with E-state index in [4.69, 9.17) is 16.7 Å². The number of alkyl halides is 3. The standard InChI is InChI=1S/C13H12ClF3N2O/c1-7-3-8(2)5-9(4-7)19-12(14)10(6-20)11(18-19)13(15,16)17/h3-5,20H,6H2,1-2H3. The third-order valence-corrected chi connectivity index (χ3v) is 3.19. The molecule has 0 saturated carbocycles. The molecule has 0 aliphatic carbocycles. The minimum atomic E-state index is -4.66. The Hall–Kier alpha value is -1.53. The molecule has 0 unspecified atom stereocenters. The Kier molecular flexibility index (Phi) is 3.80.